The summed E-state index contributed by atoms with van der Waals surface area (Å²) in [5.74, 6) is 5.85. The molecule has 3 heterocycles. The number of primary amides is 1. The van der Waals surface area contributed by atoms with Crippen LogP contribution in [-0.2, 0) is 4.79 Å². The third-order valence-corrected chi connectivity index (χ3v) is 6.93. The number of amides is 3. The smallest absolute Gasteiger partial charge is 0.269 e. The molecule has 11 heteroatoms. The molecule has 2 aliphatic rings. The second kappa shape index (κ2) is 10.4. The molecule has 1 atom stereocenters. The number of hydrogen-bond acceptors (Lipinski definition) is 7. The van der Waals surface area contributed by atoms with Crippen molar-refractivity contribution in [1.29, 1.82) is 5.26 Å². The van der Waals surface area contributed by atoms with Gasteiger partial charge in [-0.1, -0.05) is 24.3 Å². The molecule has 1 unspecified atom stereocenters. The maximum Gasteiger partial charge on any atom is 0.269 e. The molecule has 11 nitrogen and oxygen atoms in total. The fraction of sp³-hybridized carbons (Fsp3) is 0.286. The number of hydrogen-bond donors (Lipinski definition) is 3. The minimum Gasteiger partial charge on any atom is -0.364 e. The number of pyridine rings is 1. The number of carbonyl (C=O) groups is 3. The Balaban J connectivity index is 1.42. The number of anilines is 1. The molecule has 0 spiro atoms. The monoisotopic (exact) mass is 524 g/mol. The number of nitrogens with zero attached hydrogens (tertiary/aromatic N) is 5. The van der Waals surface area contributed by atoms with Gasteiger partial charge in [-0.25, -0.2) is 14.6 Å². The van der Waals surface area contributed by atoms with Crippen LogP contribution in [0.2, 0.25) is 0 Å². The van der Waals surface area contributed by atoms with Crippen LogP contribution in [0.1, 0.15) is 64.0 Å². The predicted molar refractivity (Wildman–Crippen MR) is 143 cm³/mol. The van der Waals surface area contributed by atoms with Crippen LogP contribution in [0.4, 0.5) is 5.82 Å². The fourth-order valence-corrected chi connectivity index (χ4v) is 4.72. The van der Waals surface area contributed by atoms with E-state index in [1.807, 2.05) is 19.1 Å². The van der Waals surface area contributed by atoms with Crippen LogP contribution in [-0.4, -0.2) is 43.8 Å². The largest absolute Gasteiger partial charge is 0.364 e. The van der Waals surface area contributed by atoms with Crippen molar-refractivity contribution in [2.45, 2.75) is 38.6 Å². The number of nitrogens with two attached hydrogens (primary N) is 2. The van der Waals surface area contributed by atoms with E-state index in [0.29, 0.717) is 42.2 Å². The van der Waals surface area contributed by atoms with Crippen LogP contribution in [0.5, 0.6) is 0 Å². The van der Waals surface area contributed by atoms with Crippen LogP contribution in [0.3, 0.4) is 0 Å². The predicted octanol–water partition coefficient (Wildman–Crippen LogP) is 2.84. The number of rotatable bonds is 7. The Morgan fingerprint density at radius 1 is 1.13 bits per heavy atom. The zero-order valence-corrected chi connectivity index (χ0v) is 21.4. The highest BCUT2D eigenvalue weighted by Crippen LogP contribution is 2.36. The number of carbonyl (C=O) groups excluding carboxylic acids is 3. The van der Waals surface area contributed by atoms with Crippen molar-refractivity contribution in [3.63, 3.8) is 0 Å². The summed E-state index contributed by atoms with van der Waals surface area (Å²) in [7, 11) is 0. The first-order valence-corrected chi connectivity index (χ1v) is 12.7. The quantitative estimate of drug-likeness (QED) is 0.242. The van der Waals surface area contributed by atoms with E-state index in [1.165, 1.54) is 0 Å². The van der Waals surface area contributed by atoms with E-state index in [1.54, 1.807) is 47.5 Å². The third kappa shape index (κ3) is 5.22. The highest BCUT2D eigenvalue weighted by Gasteiger charge is 2.37. The molecule has 3 aromatic rings. The summed E-state index contributed by atoms with van der Waals surface area (Å²) in [6.45, 7) is 2.35. The van der Waals surface area contributed by atoms with Gasteiger partial charge in [-0.2, -0.15) is 5.26 Å². The van der Waals surface area contributed by atoms with Crippen LogP contribution in [0.15, 0.2) is 54.2 Å². The summed E-state index contributed by atoms with van der Waals surface area (Å²) in [5.41, 5.74) is 7.92. The van der Waals surface area contributed by atoms with Gasteiger partial charge in [0.25, 0.3) is 17.7 Å². The van der Waals surface area contributed by atoms with E-state index in [0.717, 1.165) is 23.1 Å². The van der Waals surface area contributed by atoms with Crippen molar-refractivity contribution < 1.29 is 14.4 Å². The molecule has 198 valence electrons. The van der Waals surface area contributed by atoms with Crippen molar-refractivity contribution in [3.8, 4) is 17.3 Å². The second-order valence-electron chi connectivity index (χ2n) is 9.84. The van der Waals surface area contributed by atoms with E-state index in [2.05, 4.69) is 15.3 Å². The molecular weight excluding hydrogens is 496 g/mol. The normalized spacial score (nSPS) is 17.1. The van der Waals surface area contributed by atoms with Crippen LogP contribution < -0.4 is 16.9 Å². The van der Waals surface area contributed by atoms with Gasteiger partial charge in [0.15, 0.2) is 11.5 Å². The lowest BCUT2D eigenvalue weighted by molar-refractivity contribution is -0.127. The van der Waals surface area contributed by atoms with Crippen molar-refractivity contribution >= 4 is 23.5 Å². The van der Waals surface area contributed by atoms with Gasteiger partial charge >= 0.3 is 0 Å². The van der Waals surface area contributed by atoms with Crippen LogP contribution in [0, 0.1) is 24.2 Å². The first-order valence-electron chi connectivity index (χ1n) is 12.7. The summed E-state index contributed by atoms with van der Waals surface area (Å²) in [6, 6.07) is 11.6. The molecule has 0 bridgehead atoms. The third-order valence-electron chi connectivity index (χ3n) is 6.93. The van der Waals surface area contributed by atoms with Gasteiger partial charge in [0, 0.05) is 23.9 Å². The number of nitrogen functional groups attached to an aromatic ring is 1. The van der Waals surface area contributed by atoms with Gasteiger partial charge in [0.05, 0.1) is 6.04 Å². The van der Waals surface area contributed by atoms with E-state index in [9.17, 15) is 19.6 Å². The highest BCUT2D eigenvalue weighted by molar-refractivity contribution is 6.04. The van der Waals surface area contributed by atoms with Gasteiger partial charge in [-0.05, 0) is 62.3 Å². The van der Waals surface area contributed by atoms with Crippen molar-refractivity contribution in [3.05, 3.63) is 76.9 Å². The van der Waals surface area contributed by atoms with Gasteiger partial charge in [0.2, 0.25) is 0 Å². The maximum absolute atomic E-state index is 13.2. The summed E-state index contributed by atoms with van der Waals surface area (Å²) < 4.78 is 1.13. The molecule has 1 saturated carbocycles. The number of nitriles is 1. The van der Waals surface area contributed by atoms with Crippen molar-refractivity contribution in [1.82, 2.24) is 19.5 Å². The Kier molecular flexibility index (Phi) is 6.85. The standard InChI is InChI=1S/C28H28N8O3/c1-16-4-11-22(32-15-16)33-27(38)19-9-7-18(8-10-19)23-24(25(30)37)36(31)26(34-23)21-3-2-12-35(21)28(39)20(14-29)13-17-5-6-17/h4,7-11,13,15,17,21H,2-3,5-6,12,31H2,1H3,(H2,30,37)(H,32,33,38)/b20-13+. The Bertz CT molecular complexity index is 1510. The Morgan fingerprint density at radius 2 is 1.87 bits per heavy atom. The Morgan fingerprint density at radius 3 is 2.49 bits per heavy atom. The molecule has 5 rings (SSSR count). The maximum atomic E-state index is 13.2. The van der Waals surface area contributed by atoms with E-state index in [4.69, 9.17) is 11.6 Å². The first kappa shape index (κ1) is 25.7. The SMILES string of the molecule is Cc1ccc(NC(=O)c2ccc(-c3nc(C4CCCN4C(=O)/C(C#N)=C/C4CC4)n(N)c3C(N)=O)cc2)nc1. The number of aryl methyl sites for hydroxylation is 1. The minimum absolute atomic E-state index is 0.0145. The average molecular weight is 525 g/mol. The molecule has 39 heavy (non-hydrogen) atoms. The number of allylic oxidation sites excluding steroid dienone is 1. The molecular formula is C28H28N8O3. The molecule has 1 aliphatic heterocycles. The zero-order chi connectivity index (χ0) is 27.7. The first-order chi connectivity index (χ1) is 18.8. The van der Waals surface area contributed by atoms with Gasteiger partial charge in [0.1, 0.15) is 23.2 Å². The molecule has 3 amide bonds. The average Bonchev–Trinajstić information content (AvgIpc) is 3.50. The minimum atomic E-state index is -0.777. The molecule has 1 aromatic carbocycles. The number of imidazole rings is 1. The Hall–Kier alpha value is -4.98. The van der Waals surface area contributed by atoms with Crippen molar-refractivity contribution in [2.24, 2.45) is 11.7 Å². The van der Waals surface area contributed by atoms with Crippen molar-refractivity contribution in [2.75, 3.05) is 17.7 Å². The van der Waals surface area contributed by atoms with E-state index < -0.39 is 11.9 Å². The molecule has 2 fully saturated rings. The number of nitrogens with one attached hydrogen (secondary N) is 1. The summed E-state index contributed by atoms with van der Waals surface area (Å²) in [6.07, 6.45) is 6.62. The fourth-order valence-electron chi connectivity index (χ4n) is 4.72. The van der Waals surface area contributed by atoms with Crippen LogP contribution >= 0.6 is 0 Å². The summed E-state index contributed by atoms with van der Waals surface area (Å²) in [4.78, 5) is 48.7. The lowest BCUT2D eigenvalue weighted by atomic mass is 10.1. The molecule has 5 N–H and O–H groups in total. The van der Waals surface area contributed by atoms with Gasteiger partial charge < -0.3 is 21.8 Å². The van der Waals surface area contributed by atoms with Crippen LogP contribution in [0.25, 0.3) is 11.3 Å². The molecule has 0 radical (unpaired) electrons. The number of likely N-dealkylation sites (tertiary alicyclic amines) is 1. The second-order valence-corrected chi connectivity index (χ2v) is 9.84. The molecule has 1 saturated heterocycles. The number of aromatic nitrogens is 3. The lowest BCUT2D eigenvalue weighted by Gasteiger charge is -2.24. The Labute approximate surface area is 225 Å². The summed E-state index contributed by atoms with van der Waals surface area (Å²) >= 11 is 0. The molecule has 2 aromatic heterocycles. The number of benzene rings is 1. The highest BCUT2D eigenvalue weighted by atomic mass is 16.2. The van der Waals surface area contributed by atoms with E-state index >= 15 is 0 Å². The van der Waals surface area contributed by atoms with E-state index in [-0.39, 0.29) is 34.7 Å². The molecule has 1 aliphatic carbocycles. The topological polar surface area (TPSA) is 173 Å². The lowest BCUT2D eigenvalue weighted by Crippen LogP contribution is -2.34. The van der Waals surface area contributed by atoms with Gasteiger partial charge in [-0.3, -0.25) is 14.4 Å². The summed E-state index contributed by atoms with van der Waals surface area (Å²) in [5, 5.41) is 12.3. The zero-order valence-electron chi connectivity index (χ0n) is 21.4. The van der Waals surface area contributed by atoms with Gasteiger partial charge in [-0.15, -0.1) is 0 Å².